The Balaban J connectivity index is 1.86. The molecule has 0 radical (unpaired) electrons. The zero-order valence-electron chi connectivity index (χ0n) is 17.6. The number of benzene rings is 2. The molecule has 4 rings (SSSR count). The first kappa shape index (κ1) is 21.5. The van der Waals surface area contributed by atoms with E-state index in [9.17, 15) is 14.7 Å². The molecule has 32 heavy (non-hydrogen) atoms. The van der Waals surface area contributed by atoms with Crippen LogP contribution >= 0.6 is 11.3 Å². The molecular formula is C24H21N3O4S. The Bertz CT molecular complexity index is 1210. The van der Waals surface area contributed by atoms with Crippen LogP contribution in [0.4, 0.5) is 5.13 Å². The van der Waals surface area contributed by atoms with Crippen molar-refractivity contribution in [1.29, 1.82) is 0 Å². The van der Waals surface area contributed by atoms with Gasteiger partial charge < -0.3 is 9.84 Å². The van der Waals surface area contributed by atoms with E-state index < -0.39 is 17.7 Å². The van der Waals surface area contributed by atoms with Crippen LogP contribution in [0.5, 0.6) is 5.75 Å². The maximum Gasteiger partial charge on any atom is 0.301 e. The van der Waals surface area contributed by atoms with Gasteiger partial charge in [-0.05, 0) is 31.5 Å². The predicted octanol–water partition coefficient (Wildman–Crippen LogP) is 4.35. The van der Waals surface area contributed by atoms with Crippen molar-refractivity contribution in [3.8, 4) is 5.75 Å². The minimum Gasteiger partial charge on any atom is -0.507 e. The van der Waals surface area contributed by atoms with Gasteiger partial charge in [0.2, 0.25) is 5.13 Å². The van der Waals surface area contributed by atoms with Gasteiger partial charge in [-0.3, -0.25) is 14.5 Å². The molecular weight excluding hydrogens is 426 g/mol. The Hall–Kier alpha value is -3.78. The quantitative estimate of drug-likeness (QED) is 0.261. The number of aliphatic hydroxyl groups is 1. The molecule has 1 fully saturated rings. The average molecular weight is 448 g/mol. The molecule has 1 saturated heterocycles. The number of hydrogen-bond donors (Lipinski definition) is 1. The third kappa shape index (κ3) is 3.92. The highest BCUT2D eigenvalue weighted by atomic mass is 32.1. The van der Waals surface area contributed by atoms with Crippen molar-refractivity contribution in [2.75, 3.05) is 11.5 Å². The van der Waals surface area contributed by atoms with Gasteiger partial charge in [-0.25, -0.2) is 0 Å². The lowest BCUT2D eigenvalue weighted by molar-refractivity contribution is -0.132. The number of Topliss-reactive ketones (excluding diaryl/α,β-unsaturated/α-hetero) is 1. The van der Waals surface area contributed by atoms with Gasteiger partial charge in [0.05, 0.1) is 11.6 Å². The van der Waals surface area contributed by atoms with E-state index in [1.54, 1.807) is 49.4 Å². The Morgan fingerprint density at radius 3 is 2.41 bits per heavy atom. The number of hydrogen-bond acceptors (Lipinski definition) is 7. The van der Waals surface area contributed by atoms with Crippen molar-refractivity contribution in [2.24, 2.45) is 0 Å². The molecule has 0 bridgehead atoms. The molecule has 0 saturated carbocycles. The van der Waals surface area contributed by atoms with Crippen LogP contribution in [0.3, 0.4) is 0 Å². The van der Waals surface area contributed by atoms with Gasteiger partial charge in [0.15, 0.2) is 0 Å². The minimum absolute atomic E-state index is 0.00599. The third-order valence-corrected chi connectivity index (χ3v) is 5.89. The van der Waals surface area contributed by atoms with Crippen molar-refractivity contribution in [2.45, 2.75) is 19.9 Å². The number of ketones is 1. The molecule has 3 aromatic rings. The number of rotatable bonds is 6. The molecule has 7 nitrogen and oxygen atoms in total. The number of anilines is 1. The summed E-state index contributed by atoms with van der Waals surface area (Å²) in [5, 5.41) is 20.1. The van der Waals surface area contributed by atoms with Crippen molar-refractivity contribution >= 4 is 33.9 Å². The predicted molar refractivity (Wildman–Crippen MR) is 123 cm³/mol. The first-order chi connectivity index (χ1) is 15.4. The molecule has 1 aliphatic heterocycles. The van der Waals surface area contributed by atoms with Gasteiger partial charge >= 0.3 is 5.91 Å². The van der Waals surface area contributed by atoms with Crippen LogP contribution in [0, 0.1) is 13.8 Å². The fourth-order valence-corrected chi connectivity index (χ4v) is 4.21. The fourth-order valence-electron chi connectivity index (χ4n) is 3.50. The lowest BCUT2D eigenvalue weighted by atomic mass is 9.95. The fraction of sp³-hybridized carbons (Fsp3) is 0.167. The number of carbonyl (C=O) groups excluding carboxylic acids is 2. The number of nitrogens with zero attached hydrogens (tertiary/aromatic N) is 3. The highest BCUT2D eigenvalue weighted by molar-refractivity contribution is 7.15. The summed E-state index contributed by atoms with van der Waals surface area (Å²) in [5.41, 5.74) is 2.11. The summed E-state index contributed by atoms with van der Waals surface area (Å²) < 4.78 is 5.54. The first-order valence-corrected chi connectivity index (χ1v) is 10.7. The largest absolute Gasteiger partial charge is 0.507 e. The second-order valence-electron chi connectivity index (χ2n) is 7.31. The number of carbonyl (C=O) groups is 2. The summed E-state index contributed by atoms with van der Waals surface area (Å²) >= 11 is 1.21. The van der Waals surface area contributed by atoms with Gasteiger partial charge in [0.1, 0.15) is 23.1 Å². The molecule has 2 heterocycles. The van der Waals surface area contributed by atoms with Crippen LogP contribution in [-0.2, 0) is 9.59 Å². The van der Waals surface area contributed by atoms with Crippen LogP contribution in [0.2, 0.25) is 0 Å². The molecule has 0 aliphatic carbocycles. The van der Waals surface area contributed by atoms with Gasteiger partial charge in [0.25, 0.3) is 5.78 Å². The van der Waals surface area contributed by atoms with E-state index in [4.69, 9.17) is 4.74 Å². The Labute approximate surface area is 189 Å². The number of aromatic nitrogens is 2. The molecule has 1 aliphatic rings. The lowest BCUT2D eigenvalue weighted by Gasteiger charge is -2.22. The molecule has 1 atom stereocenters. The van der Waals surface area contributed by atoms with Crippen molar-refractivity contribution in [3.05, 3.63) is 88.5 Å². The van der Waals surface area contributed by atoms with Gasteiger partial charge in [0, 0.05) is 5.56 Å². The molecule has 1 amide bonds. The number of aliphatic hydroxyl groups excluding tert-OH is 1. The molecule has 2 aromatic carbocycles. The van der Waals surface area contributed by atoms with Crippen molar-refractivity contribution in [3.63, 3.8) is 0 Å². The monoisotopic (exact) mass is 447 g/mol. The third-order valence-electron chi connectivity index (χ3n) is 5.05. The zero-order valence-corrected chi connectivity index (χ0v) is 18.4. The molecule has 8 heteroatoms. The normalized spacial score (nSPS) is 17.6. The van der Waals surface area contributed by atoms with Crippen molar-refractivity contribution < 1.29 is 19.4 Å². The number of aryl methyl sites for hydroxylation is 2. The van der Waals surface area contributed by atoms with E-state index in [1.807, 2.05) is 19.1 Å². The van der Waals surface area contributed by atoms with E-state index in [1.165, 1.54) is 16.2 Å². The van der Waals surface area contributed by atoms with Gasteiger partial charge in [-0.1, -0.05) is 66.0 Å². The van der Waals surface area contributed by atoms with Crippen molar-refractivity contribution in [1.82, 2.24) is 10.2 Å². The van der Waals surface area contributed by atoms with Crippen LogP contribution in [0.1, 0.15) is 27.7 Å². The van der Waals surface area contributed by atoms with Crippen LogP contribution in [-0.4, -0.2) is 33.6 Å². The summed E-state index contributed by atoms with van der Waals surface area (Å²) in [4.78, 5) is 27.4. The zero-order chi connectivity index (χ0) is 22.8. The SMILES string of the molecule is C=CCOc1ccc(C2C(=C(O)c3ccc(C)cc3)C(=O)C(=O)N2c2nnc(C)s2)cc1. The summed E-state index contributed by atoms with van der Waals surface area (Å²) in [6.07, 6.45) is 1.64. The number of ether oxygens (including phenoxy) is 1. The van der Waals surface area contributed by atoms with Gasteiger partial charge in [-0.15, -0.1) is 10.2 Å². The minimum atomic E-state index is -0.850. The summed E-state index contributed by atoms with van der Waals surface area (Å²) in [7, 11) is 0. The summed E-state index contributed by atoms with van der Waals surface area (Å²) in [6.45, 7) is 7.68. The molecule has 0 spiro atoms. The highest BCUT2D eigenvalue weighted by Gasteiger charge is 2.48. The molecule has 162 valence electrons. The van der Waals surface area contributed by atoms with Crippen LogP contribution in [0.15, 0.2) is 66.8 Å². The van der Waals surface area contributed by atoms with Crippen LogP contribution in [0.25, 0.3) is 5.76 Å². The summed E-state index contributed by atoms with van der Waals surface area (Å²) in [5.74, 6) is -1.14. The molecule has 1 N–H and O–H groups in total. The van der Waals surface area contributed by atoms with E-state index in [0.29, 0.717) is 33.6 Å². The molecule has 1 unspecified atom stereocenters. The van der Waals surface area contributed by atoms with E-state index in [0.717, 1.165) is 5.56 Å². The Morgan fingerprint density at radius 1 is 1.12 bits per heavy atom. The van der Waals surface area contributed by atoms with E-state index in [-0.39, 0.29) is 11.3 Å². The topological polar surface area (TPSA) is 92.6 Å². The second-order valence-corrected chi connectivity index (χ2v) is 8.47. The van der Waals surface area contributed by atoms with Crippen LogP contribution < -0.4 is 9.64 Å². The summed E-state index contributed by atoms with van der Waals surface area (Å²) in [6, 6.07) is 13.3. The first-order valence-electron chi connectivity index (χ1n) is 9.92. The maximum atomic E-state index is 13.1. The maximum absolute atomic E-state index is 13.1. The molecule has 1 aromatic heterocycles. The smallest absolute Gasteiger partial charge is 0.301 e. The Kier molecular flexibility index (Phi) is 5.87. The lowest BCUT2D eigenvalue weighted by Crippen LogP contribution is -2.29. The van der Waals surface area contributed by atoms with Gasteiger partial charge in [-0.2, -0.15) is 0 Å². The van der Waals surface area contributed by atoms with E-state index in [2.05, 4.69) is 16.8 Å². The second kappa shape index (κ2) is 8.76. The average Bonchev–Trinajstić information content (AvgIpc) is 3.33. The van der Waals surface area contributed by atoms with E-state index >= 15 is 0 Å². The standard InChI is InChI=1S/C24H21N3O4S/c1-4-13-31-18-11-9-16(10-12-18)20-19(21(28)17-7-5-14(2)6-8-17)22(29)23(30)27(20)24-26-25-15(3)32-24/h4-12,20,28H,1,13H2,2-3H3. The Morgan fingerprint density at radius 2 is 1.81 bits per heavy atom. The number of amides is 1. The highest BCUT2D eigenvalue weighted by Crippen LogP contribution is 2.43.